The third kappa shape index (κ3) is 1.88. The fourth-order valence-electron chi connectivity index (χ4n) is 1.46. The highest BCUT2D eigenvalue weighted by molar-refractivity contribution is 5.81. The summed E-state index contributed by atoms with van der Waals surface area (Å²) in [5, 5.41) is -0.464. The third-order valence-corrected chi connectivity index (χ3v) is 2.23. The van der Waals surface area contributed by atoms with Gasteiger partial charge in [-0.25, -0.2) is 18.6 Å². The maximum atomic E-state index is 13.9. The Balaban J connectivity index is 2.75. The molecule has 0 aliphatic heterocycles. The van der Waals surface area contributed by atoms with Crippen LogP contribution in [0.15, 0.2) is 23.3 Å². The number of fused-ring (bicyclic) bond motifs is 1. The Morgan fingerprint density at radius 2 is 2.22 bits per heavy atom. The Bertz CT molecular complexity index is 684. The predicted octanol–water partition coefficient (Wildman–Crippen LogP) is 0.920. The van der Waals surface area contributed by atoms with Crippen LogP contribution in [0.5, 0.6) is 5.75 Å². The summed E-state index contributed by atoms with van der Waals surface area (Å²) < 4.78 is 31.3. The summed E-state index contributed by atoms with van der Waals surface area (Å²) in [5.41, 5.74) is 3.86. The Labute approximate surface area is 98.6 Å². The molecule has 0 saturated heterocycles. The summed E-state index contributed by atoms with van der Waals surface area (Å²) in [7, 11) is 0. The summed E-state index contributed by atoms with van der Waals surface area (Å²) in [6, 6.07) is 2.37. The quantitative estimate of drug-likeness (QED) is 0.864. The number of hydrogen-bond acceptors (Lipinski definition) is 4. The average molecular weight is 255 g/mol. The number of carbonyl (C=O) groups is 1. The van der Waals surface area contributed by atoms with E-state index in [9.17, 15) is 18.4 Å². The lowest BCUT2D eigenvalue weighted by Gasteiger charge is -2.06. The first-order chi connectivity index (χ1) is 8.54. The van der Waals surface area contributed by atoms with Gasteiger partial charge in [-0.05, 0) is 12.1 Å². The molecule has 8 heteroatoms. The molecule has 0 aliphatic carbocycles. The molecule has 1 amide bonds. The van der Waals surface area contributed by atoms with Gasteiger partial charge in [0.05, 0.1) is 5.52 Å². The topological polar surface area (TPSA) is 87.2 Å². The minimum atomic E-state index is -1.22. The zero-order chi connectivity index (χ0) is 13.3. The first kappa shape index (κ1) is 12.0. The number of ether oxygens (including phenoxy) is 1. The largest absolute Gasteiger partial charge is 0.410 e. The van der Waals surface area contributed by atoms with E-state index in [-0.39, 0.29) is 5.52 Å². The molecule has 0 unspecified atom stereocenters. The number of nitrogens with two attached hydrogens (primary N) is 1. The van der Waals surface area contributed by atoms with Crippen LogP contribution in [0, 0.1) is 5.82 Å². The Hall–Kier alpha value is -2.51. The van der Waals surface area contributed by atoms with Gasteiger partial charge in [-0.2, -0.15) is 0 Å². The fourth-order valence-corrected chi connectivity index (χ4v) is 1.46. The van der Waals surface area contributed by atoms with Crippen molar-refractivity contribution in [3.63, 3.8) is 0 Å². The molecule has 94 valence electrons. The van der Waals surface area contributed by atoms with Gasteiger partial charge in [-0.15, -0.1) is 0 Å². The molecule has 0 atom stereocenters. The summed E-state index contributed by atoms with van der Waals surface area (Å²) in [6.07, 6.45) is -0.262. The van der Waals surface area contributed by atoms with Crippen molar-refractivity contribution in [1.82, 2.24) is 9.55 Å². The van der Waals surface area contributed by atoms with Gasteiger partial charge in [-0.1, -0.05) is 0 Å². The van der Waals surface area contributed by atoms with Gasteiger partial charge in [0.2, 0.25) is 0 Å². The molecule has 2 N–H and O–H groups in total. The van der Waals surface area contributed by atoms with E-state index in [0.29, 0.717) is 4.57 Å². The zero-order valence-corrected chi connectivity index (χ0v) is 8.89. The van der Waals surface area contributed by atoms with Crippen molar-refractivity contribution in [2.45, 2.75) is 6.80 Å². The van der Waals surface area contributed by atoms with Crippen molar-refractivity contribution in [2.75, 3.05) is 0 Å². The lowest BCUT2D eigenvalue weighted by Crippen LogP contribution is -2.21. The number of nitrogens with zero attached hydrogens (tertiary/aromatic N) is 2. The number of carbonyl (C=O) groups excluding carboxylic acids is 1. The van der Waals surface area contributed by atoms with Crippen LogP contribution in [-0.4, -0.2) is 15.6 Å². The first-order valence-corrected chi connectivity index (χ1v) is 4.75. The van der Waals surface area contributed by atoms with Gasteiger partial charge >= 0.3 is 6.09 Å². The molecule has 0 fully saturated rings. The maximum Gasteiger partial charge on any atom is 0.410 e. The van der Waals surface area contributed by atoms with Crippen LogP contribution < -0.4 is 16.0 Å². The first-order valence-electron chi connectivity index (χ1n) is 4.75. The molecule has 0 saturated carbocycles. The second-order valence-corrected chi connectivity index (χ2v) is 3.33. The molecule has 1 aromatic carbocycles. The number of benzene rings is 1. The fraction of sp³-hybridized carbons (Fsp3) is 0.100. The molecular formula is C10H7F2N3O3. The van der Waals surface area contributed by atoms with E-state index >= 15 is 0 Å². The molecule has 0 spiro atoms. The van der Waals surface area contributed by atoms with Gasteiger partial charge in [0.15, 0.2) is 18.4 Å². The smallest absolute Gasteiger partial charge is 0.407 e. The molecule has 6 nitrogen and oxygen atoms in total. The van der Waals surface area contributed by atoms with Gasteiger partial charge in [-0.3, -0.25) is 9.36 Å². The van der Waals surface area contributed by atoms with Crippen LogP contribution >= 0.6 is 0 Å². The summed E-state index contributed by atoms with van der Waals surface area (Å²) >= 11 is 0. The Morgan fingerprint density at radius 1 is 1.50 bits per heavy atom. The predicted molar refractivity (Wildman–Crippen MR) is 57.3 cm³/mol. The monoisotopic (exact) mass is 255 g/mol. The maximum absolute atomic E-state index is 13.9. The molecule has 2 rings (SSSR count). The minimum Gasteiger partial charge on any atom is -0.407 e. The second-order valence-electron chi connectivity index (χ2n) is 3.33. The van der Waals surface area contributed by atoms with E-state index in [1.165, 1.54) is 6.07 Å². The Morgan fingerprint density at radius 3 is 2.83 bits per heavy atom. The second kappa shape index (κ2) is 4.40. The SMILES string of the molecule is NC(=O)Oc1ccc2ncn(CF)c(=O)c2c1F. The lowest BCUT2D eigenvalue weighted by molar-refractivity contribution is 0.209. The van der Waals surface area contributed by atoms with Crippen LogP contribution in [0.3, 0.4) is 0 Å². The molecule has 0 aliphatic rings. The van der Waals surface area contributed by atoms with E-state index < -0.39 is 35.4 Å². The molecule has 18 heavy (non-hydrogen) atoms. The van der Waals surface area contributed by atoms with E-state index in [1.807, 2.05) is 0 Å². The molecule has 2 aromatic rings. The highest BCUT2D eigenvalue weighted by Gasteiger charge is 2.15. The van der Waals surface area contributed by atoms with E-state index in [4.69, 9.17) is 5.73 Å². The number of alkyl halides is 1. The normalized spacial score (nSPS) is 10.6. The zero-order valence-electron chi connectivity index (χ0n) is 8.89. The van der Waals surface area contributed by atoms with E-state index in [0.717, 1.165) is 12.4 Å². The van der Waals surface area contributed by atoms with Crippen LogP contribution in [-0.2, 0) is 6.80 Å². The third-order valence-electron chi connectivity index (χ3n) is 2.23. The number of hydrogen-bond donors (Lipinski definition) is 1. The number of halogens is 2. The van der Waals surface area contributed by atoms with Crippen LogP contribution in [0.4, 0.5) is 13.6 Å². The summed E-state index contributed by atoms with van der Waals surface area (Å²) in [5.74, 6) is -1.61. The molecule has 1 heterocycles. The standard InChI is InChI=1S/C10H7F2N3O3/c11-3-15-4-14-5-1-2-6(18-10(13)17)8(12)7(5)9(15)16/h1-2,4H,3H2,(H2,13,17). The van der Waals surface area contributed by atoms with Crippen LogP contribution in [0.1, 0.15) is 0 Å². The molecule has 0 radical (unpaired) electrons. The van der Waals surface area contributed by atoms with E-state index in [1.54, 1.807) is 0 Å². The van der Waals surface area contributed by atoms with Crippen molar-refractivity contribution in [3.8, 4) is 5.75 Å². The molecular weight excluding hydrogens is 248 g/mol. The van der Waals surface area contributed by atoms with Crippen LogP contribution in [0.2, 0.25) is 0 Å². The molecule has 1 aromatic heterocycles. The van der Waals surface area contributed by atoms with Crippen molar-refractivity contribution in [1.29, 1.82) is 0 Å². The average Bonchev–Trinajstić information content (AvgIpc) is 2.32. The number of amides is 1. The summed E-state index contributed by atoms with van der Waals surface area (Å²) in [6.45, 7) is -1.14. The highest BCUT2D eigenvalue weighted by Crippen LogP contribution is 2.22. The summed E-state index contributed by atoms with van der Waals surface area (Å²) in [4.78, 5) is 25.9. The van der Waals surface area contributed by atoms with Crippen molar-refractivity contribution in [3.05, 3.63) is 34.6 Å². The van der Waals surface area contributed by atoms with Crippen molar-refractivity contribution >= 4 is 17.0 Å². The Kier molecular flexibility index (Phi) is 2.92. The van der Waals surface area contributed by atoms with Gasteiger partial charge in [0, 0.05) is 0 Å². The lowest BCUT2D eigenvalue weighted by atomic mass is 10.2. The van der Waals surface area contributed by atoms with E-state index in [2.05, 4.69) is 9.72 Å². The minimum absolute atomic E-state index is 0.0269. The number of primary amides is 1. The van der Waals surface area contributed by atoms with Crippen molar-refractivity contribution < 1.29 is 18.3 Å². The molecule has 0 bridgehead atoms. The van der Waals surface area contributed by atoms with Crippen molar-refractivity contribution in [2.24, 2.45) is 5.73 Å². The number of rotatable bonds is 2. The highest BCUT2D eigenvalue weighted by atomic mass is 19.1. The van der Waals surface area contributed by atoms with Gasteiger partial charge in [0.25, 0.3) is 5.56 Å². The van der Waals surface area contributed by atoms with Crippen LogP contribution in [0.25, 0.3) is 10.9 Å². The van der Waals surface area contributed by atoms with Gasteiger partial charge < -0.3 is 10.5 Å². The van der Waals surface area contributed by atoms with Gasteiger partial charge in [0.1, 0.15) is 11.7 Å². The number of aromatic nitrogens is 2.